The van der Waals surface area contributed by atoms with Crippen molar-refractivity contribution in [3.63, 3.8) is 0 Å². The average Bonchev–Trinajstić information content (AvgIpc) is 2.68. The van der Waals surface area contributed by atoms with Gasteiger partial charge in [-0.05, 0) is 43.9 Å². The van der Waals surface area contributed by atoms with Crippen LogP contribution in [0, 0.1) is 0 Å². The minimum atomic E-state index is -3.77. The number of halogens is 2. The lowest BCUT2D eigenvalue weighted by Gasteiger charge is -2.35. The van der Waals surface area contributed by atoms with Gasteiger partial charge in [0.1, 0.15) is 4.90 Å². The minimum absolute atomic E-state index is 0.0550. The molecule has 168 valence electrons. The van der Waals surface area contributed by atoms with Gasteiger partial charge in [0.05, 0.1) is 5.02 Å². The molecule has 3 rings (SSSR count). The normalized spacial score (nSPS) is 22.1. The van der Waals surface area contributed by atoms with E-state index in [0.29, 0.717) is 18.0 Å². The van der Waals surface area contributed by atoms with E-state index >= 15 is 0 Å². The third-order valence-electron chi connectivity index (χ3n) is 5.99. The fraction of sp³-hybridized carbons (Fsp3) is 0.667. The van der Waals surface area contributed by atoms with Crippen LogP contribution in [0.5, 0.6) is 0 Å². The van der Waals surface area contributed by atoms with Crippen LogP contribution in [0.25, 0.3) is 0 Å². The van der Waals surface area contributed by atoms with E-state index in [0.717, 1.165) is 38.5 Å². The van der Waals surface area contributed by atoms with Crippen molar-refractivity contribution >= 4 is 39.3 Å². The summed E-state index contributed by atoms with van der Waals surface area (Å²) in [5, 5.41) is 6.48. The van der Waals surface area contributed by atoms with E-state index in [1.165, 1.54) is 41.8 Å². The van der Waals surface area contributed by atoms with Gasteiger partial charge in [-0.3, -0.25) is 0 Å². The zero-order valence-corrected chi connectivity index (χ0v) is 19.5. The summed E-state index contributed by atoms with van der Waals surface area (Å²) in [6.07, 6.45) is 10.4. The van der Waals surface area contributed by atoms with Gasteiger partial charge < -0.3 is 10.6 Å². The van der Waals surface area contributed by atoms with Gasteiger partial charge >= 0.3 is 6.03 Å². The maximum atomic E-state index is 13.2. The molecule has 6 nitrogen and oxygen atoms in total. The van der Waals surface area contributed by atoms with Gasteiger partial charge in [-0.25, -0.2) is 13.2 Å². The van der Waals surface area contributed by atoms with Gasteiger partial charge in [-0.1, -0.05) is 61.7 Å². The lowest BCUT2D eigenvalue weighted by molar-refractivity contribution is 0.219. The Morgan fingerprint density at radius 1 is 1.00 bits per heavy atom. The number of sulfonamides is 1. The van der Waals surface area contributed by atoms with Crippen molar-refractivity contribution in [3.8, 4) is 0 Å². The summed E-state index contributed by atoms with van der Waals surface area (Å²) in [4.78, 5) is 12.5. The van der Waals surface area contributed by atoms with E-state index in [1.54, 1.807) is 0 Å². The Hall–Kier alpha value is -1.02. The smallest absolute Gasteiger partial charge is 0.315 e. The first-order valence-electron chi connectivity index (χ1n) is 10.9. The molecular weight excluding hydrogens is 445 g/mol. The van der Waals surface area contributed by atoms with Crippen LogP contribution in [0.4, 0.5) is 4.79 Å². The molecule has 0 radical (unpaired) electrons. The monoisotopic (exact) mass is 475 g/mol. The molecular formula is C21H31Cl2N3O3S. The fourth-order valence-electron chi connectivity index (χ4n) is 4.35. The van der Waals surface area contributed by atoms with Crippen molar-refractivity contribution in [2.24, 2.45) is 0 Å². The third kappa shape index (κ3) is 6.25. The first-order chi connectivity index (χ1) is 14.4. The number of hydrogen-bond acceptors (Lipinski definition) is 3. The molecule has 2 fully saturated rings. The summed E-state index contributed by atoms with van der Waals surface area (Å²) < 4.78 is 27.9. The first kappa shape index (κ1) is 23.6. The Kier molecular flexibility index (Phi) is 8.69. The number of nitrogens with zero attached hydrogens (tertiary/aromatic N) is 1. The number of carbonyl (C=O) groups is 1. The van der Waals surface area contributed by atoms with Crippen molar-refractivity contribution in [2.45, 2.75) is 81.2 Å². The van der Waals surface area contributed by atoms with Crippen LogP contribution >= 0.6 is 23.2 Å². The number of piperidine rings is 1. The fourth-order valence-corrected chi connectivity index (χ4v) is 6.79. The summed E-state index contributed by atoms with van der Waals surface area (Å²) >= 11 is 12.1. The Morgan fingerprint density at radius 2 is 1.67 bits per heavy atom. The van der Waals surface area contributed by atoms with Crippen LogP contribution < -0.4 is 10.6 Å². The highest BCUT2D eigenvalue weighted by molar-refractivity contribution is 7.89. The molecule has 1 unspecified atom stereocenters. The molecule has 1 aromatic rings. The molecule has 2 amide bonds. The molecule has 30 heavy (non-hydrogen) atoms. The van der Waals surface area contributed by atoms with Gasteiger partial charge in [0.2, 0.25) is 10.0 Å². The number of amides is 2. The van der Waals surface area contributed by atoms with Crippen molar-refractivity contribution in [2.75, 3.05) is 13.1 Å². The molecule has 0 spiro atoms. The average molecular weight is 476 g/mol. The summed E-state index contributed by atoms with van der Waals surface area (Å²) in [6.45, 7) is 0.695. The van der Waals surface area contributed by atoms with E-state index in [4.69, 9.17) is 23.2 Å². The molecule has 0 bridgehead atoms. The van der Waals surface area contributed by atoms with Crippen molar-refractivity contribution < 1.29 is 13.2 Å². The molecule has 9 heteroatoms. The number of nitrogens with one attached hydrogen (secondary N) is 2. The summed E-state index contributed by atoms with van der Waals surface area (Å²) in [5.74, 6) is 0. The molecule has 0 aromatic heterocycles. The van der Waals surface area contributed by atoms with Gasteiger partial charge in [0, 0.05) is 30.2 Å². The lowest BCUT2D eigenvalue weighted by Crippen LogP contribution is -2.51. The maximum Gasteiger partial charge on any atom is 0.315 e. The Labute approximate surface area is 189 Å². The molecule has 1 heterocycles. The molecule has 1 saturated carbocycles. The van der Waals surface area contributed by atoms with Gasteiger partial charge in [-0.2, -0.15) is 4.31 Å². The second kappa shape index (κ2) is 11.0. The van der Waals surface area contributed by atoms with Crippen molar-refractivity contribution in [3.05, 3.63) is 28.2 Å². The molecule has 1 atom stereocenters. The predicted molar refractivity (Wildman–Crippen MR) is 121 cm³/mol. The molecule has 1 saturated heterocycles. The highest BCUT2D eigenvalue weighted by Crippen LogP contribution is 2.31. The van der Waals surface area contributed by atoms with Crippen LogP contribution in [0.3, 0.4) is 0 Å². The molecule has 1 aromatic carbocycles. The first-order valence-corrected chi connectivity index (χ1v) is 13.1. The lowest BCUT2D eigenvalue weighted by atomic mass is 9.97. The van der Waals surface area contributed by atoms with E-state index in [-0.39, 0.29) is 34.6 Å². The zero-order valence-electron chi connectivity index (χ0n) is 17.2. The number of hydrogen-bond donors (Lipinski definition) is 2. The van der Waals surface area contributed by atoms with Crippen molar-refractivity contribution in [1.29, 1.82) is 0 Å². The summed E-state index contributed by atoms with van der Waals surface area (Å²) in [6, 6.07) is 4.10. The zero-order chi connectivity index (χ0) is 21.6. The number of rotatable bonds is 5. The van der Waals surface area contributed by atoms with Crippen LogP contribution in [-0.2, 0) is 10.0 Å². The Balaban J connectivity index is 1.62. The largest absolute Gasteiger partial charge is 0.337 e. The van der Waals surface area contributed by atoms with Gasteiger partial charge in [0.25, 0.3) is 0 Å². The molecule has 2 aliphatic rings. The topological polar surface area (TPSA) is 78.5 Å². The second-order valence-corrected chi connectivity index (χ2v) is 10.9. The third-order valence-corrected chi connectivity index (χ3v) is 8.66. The van der Waals surface area contributed by atoms with E-state index in [1.807, 2.05) is 0 Å². The second-order valence-electron chi connectivity index (χ2n) is 8.24. The quantitative estimate of drug-likeness (QED) is 0.631. The number of benzene rings is 1. The summed E-state index contributed by atoms with van der Waals surface area (Å²) in [5.41, 5.74) is 0. The van der Waals surface area contributed by atoms with Crippen LogP contribution in [0.15, 0.2) is 23.1 Å². The van der Waals surface area contributed by atoms with E-state index in [9.17, 15) is 13.2 Å². The van der Waals surface area contributed by atoms with E-state index < -0.39 is 10.0 Å². The Bertz CT molecular complexity index is 827. The standard InChI is InChI=1S/C21H31Cl2N3O3S/c22-16-11-12-20(19(23)14-16)30(28,29)26-13-7-6-10-18(26)15-24-21(27)25-17-8-4-2-1-3-5-9-17/h11-12,14,17-18H,1-10,13,15H2,(H2,24,25,27). The SMILES string of the molecule is O=C(NCC1CCCCN1S(=O)(=O)c1ccc(Cl)cc1Cl)NC1CCCCCCC1. The molecule has 1 aliphatic carbocycles. The molecule has 2 N–H and O–H groups in total. The van der Waals surface area contributed by atoms with Gasteiger partial charge in [0.15, 0.2) is 0 Å². The van der Waals surface area contributed by atoms with Crippen LogP contribution in [0.2, 0.25) is 10.0 Å². The van der Waals surface area contributed by atoms with Crippen LogP contribution in [0.1, 0.15) is 64.2 Å². The van der Waals surface area contributed by atoms with Crippen molar-refractivity contribution in [1.82, 2.24) is 14.9 Å². The molecule has 1 aliphatic heterocycles. The van der Waals surface area contributed by atoms with Gasteiger partial charge in [-0.15, -0.1) is 0 Å². The van der Waals surface area contributed by atoms with E-state index in [2.05, 4.69) is 10.6 Å². The number of carbonyl (C=O) groups excluding carboxylic acids is 1. The maximum absolute atomic E-state index is 13.2. The predicted octanol–water partition coefficient (Wildman–Crippen LogP) is 4.95. The minimum Gasteiger partial charge on any atom is -0.337 e. The summed E-state index contributed by atoms with van der Waals surface area (Å²) in [7, 11) is -3.77. The van der Waals surface area contributed by atoms with Crippen LogP contribution in [-0.4, -0.2) is 43.9 Å². The highest BCUT2D eigenvalue weighted by atomic mass is 35.5. The number of urea groups is 1. The highest BCUT2D eigenvalue weighted by Gasteiger charge is 2.35. The Morgan fingerprint density at radius 3 is 2.37 bits per heavy atom.